The molecule has 2 amide bonds. The monoisotopic (exact) mass is 429 g/mol. The van der Waals surface area contributed by atoms with Gasteiger partial charge in [0, 0.05) is 13.1 Å². The van der Waals surface area contributed by atoms with Crippen LogP contribution in [0.4, 0.5) is 10.1 Å². The molecule has 30 heavy (non-hydrogen) atoms. The Hall–Kier alpha value is -3.04. The Bertz CT molecular complexity index is 1140. The number of likely N-dealkylation sites (tertiary alicyclic amines) is 1. The van der Waals surface area contributed by atoms with Crippen LogP contribution in [0.1, 0.15) is 24.8 Å². The molecule has 0 radical (unpaired) electrons. The summed E-state index contributed by atoms with van der Waals surface area (Å²) in [7, 11) is -3.90. The van der Waals surface area contributed by atoms with Crippen LogP contribution in [0.15, 0.2) is 59.1 Å². The molecule has 2 aromatic rings. The van der Waals surface area contributed by atoms with Gasteiger partial charge in [-0.3, -0.25) is 9.59 Å². The molecule has 0 unspecified atom stereocenters. The molecule has 7 nitrogen and oxygen atoms in total. The van der Waals surface area contributed by atoms with E-state index in [-0.39, 0.29) is 16.2 Å². The number of sulfonamides is 1. The lowest BCUT2D eigenvalue weighted by atomic mass is 10.0. The molecule has 0 saturated carbocycles. The average Bonchev–Trinajstić information content (AvgIpc) is 2.99. The summed E-state index contributed by atoms with van der Waals surface area (Å²) < 4.78 is 36.4. The minimum Gasteiger partial charge on any atom is -0.366 e. The van der Waals surface area contributed by atoms with Crippen molar-refractivity contribution in [2.75, 3.05) is 18.0 Å². The first-order valence-corrected chi connectivity index (χ1v) is 11.1. The number of nitrogens with two attached hydrogens (primary N) is 1. The number of carbonyl (C=O) groups is 2. The number of hydrogen-bond acceptors (Lipinski definition) is 5. The molecule has 0 bridgehead atoms. The summed E-state index contributed by atoms with van der Waals surface area (Å²) in [5, 5.41) is 5.12. The van der Waals surface area contributed by atoms with Crippen molar-refractivity contribution in [3.05, 3.63) is 65.6 Å². The molecule has 0 atom stereocenters. The highest BCUT2D eigenvalue weighted by Crippen LogP contribution is 2.36. The van der Waals surface area contributed by atoms with Gasteiger partial charge in [-0.25, -0.2) is 22.8 Å². The van der Waals surface area contributed by atoms with E-state index < -0.39 is 27.7 Å². The standard InChI is InChI=1S/C21H20FN3O4S/c22-15-6-4-14(5-7-15)18-19(24-12-2-1-3-13-24)21(27)25(20(18)26)16-8-10-17(11-9-16)30(23,28)29/h4-11H,1-3,12-13H2,(H2,23,28,29). The number of benzene rings is 2. The van der Waals surface area contributed by atoms with Crippen molar-refractivity contribution >= 4 is 33.1 Å². The minimum atomic E-state index is -3.90. The van der Waals surface area contributed by atoms with Crippen LogP contribution in [0, 0.1) is 5.82 Å². The second-order valence-corrected chi connectivity index (χ2v) is 8.82. The molecule has 0 aromatic heterocycles. The molecule has 0 spiro atoms. The number of halogens is 1. The smallest absolute Gasteiger partial charge is 0.282 e. The minimum absolute atomic E-state index is 0.117. The van der Waals surface area contributed by atoms with Crippen molar-refractivity contribution in [2.24, 2.45) is 5.14 Å². The zero-order valence-electron chi connectivity index (χ0n) is 16.0. The van der Waals surface area contributed by atoms with Gasteiger partial charge in [0.15, 0.2) is 0 Å². The second-order valence-electron chi connectivity index (χ2n) is 7.26. The molecule has 2 N–H and O–H groups in total. The summed E-state index contributed by atoms with van der Waals surface area (Å²) in [6.45, 7) is 1.30. The summed E-state index contributed by atoms with van der Waals surface area (Å²) in [6, 6.07) is 10.7. The molecule has 2 heterocycles. The summed E-state index contributed by atoms with van der Waals surface area (Å²) in [4.78, 5) is 29.5. The van der Waals surface area contributed by atoms with Gasteiger partial charge in [0.25, 0.3) is 11.8 Å². The predicted octanol–water partition coefficient (Wildman–Crippen LogP) is 2.24. The van der Waals surface area contributed by atoms with Crippen LogP contribution in [-0.2, 0) is 19.6 Å². The fourth-order valence-electron chi connectivity index (χ4n) is 3.83. The molecule has 9 heteroatoms. The Kier molecular flexibility index (Phi) is 5.17. The van der Waals surface area contributed by atoms with E-state index in [1.165, 1.54) is 48.5 Å². The molecule has 0 aliphatic carbocycles. The molecular weight excluding hydrogens is 409 g/mol. The van der Waals surface area contributed by atoms with Crippen molar-refractivity contribution in [3.8, 4) is 0 Å². The number of piperidine rings is 1. The maximum atomic E-state index is 13.4. The lowest BCUT2D eigenvalue weighted by molar-refractivity contribution is -0.120. The van der Waals surface area contributed by atoms with Crippen molar-refractivity contribution in [3.63, 3.8) is 0 Å². The van der Waals surface area contributed by atoms with Crippen LogP contribution in [0.5, 0.6) is 0 Å². The van der Waals surface area contributed by atoms with Crippen LogP contribution in [-0.4, -0.2) is 38.2 Å². The summed E-state index contributed by atoms with van der Waals surface area (Å²) >= 11 is 0. The van der Waals surface area contributed by atoms with E-state index in [0.717, 1.165) is 24.2 Å². The molecule has 1 fully saturated rings. The second kappa shape index (κ2) is 7.66. The third-order valence-corrected chi connectivity index (χ3v) is 6.22. The van der Waals surface area contributed by atoms with Crippen LogP contribution in [0.25, 0.3) is 5.57 Å². The number of imide groups is 1. The van der Waals surface area contributed by atoms with E-state index in [0.29, 0.717) is 24.4 Å². The van der Waals surface area contributed by atoms with E-state index in [1.807, 2.05) is 4.90 Å². The zero-order chi connectivity index (χ0) is 21.5. The average molecular weight is 429 g/mol. The van der Waals surface area contributed by atoms with Crippen LogP contribution >= 0.6 is 0 Å². The van der Waals surface area contributed by atoms with Crippen molar-refractivity contribution in [1.82, 2.24) is 4.90 Å². The Morgan fingerprint density at radius 1 is 0.833 bits per heavy atom. The quantitative estimate of drug-likeness (QED) is 0.752. The van der Waals surface area contributed by atoms with Gasteiger partial charge in [0.1, 0.15) is 11.5 Å². The predicted molar refractivity (Wildman–Crippen MR) is 109 cm³/mol. The first-order chi connectivity index (χ1) is 14.3. The number of primary sulfonamides is 1. The fourth-order valence-corrected chi connectivity index (χ4v) is 4.34. The topological polar surface area (TPSA) is 101 Å². The molecule has 156 valence electrons. The molecule has 1 saturated heterocycles. The lowest BCUT2D eigenvalue weighted by Crippen LogP contribution is -2.37. The zero-order valence-corrected chi connectivity index (χ0v) is 16.9. The van der Waals surface area contributed by atoms with Crippen molar-refractivity contribution in [2.45, 2.75) is 24.2 Å². The van der Waals surface area contributed by atoms with Gasteiger partial charge in [0.2, 0.25) is 10.0 Å². The van der Waals surface area contributed by atoms with Gasteiger partial charge in [0.05, 0.1) is 16.2 Å². The molecule has 2 aliphatic rings. The van der Waals surface area contributed by atoms with E-state index >= 15 is 0 Å². The number of rotatable bonds is 4. The normalized spacial score (nSPS) is 17.8. The Morgan fingerprint density at radius 3 is 2.00 bits per heavy atom. The van der Waals surface area contributed by atoms with Gasteiger partial charge in [-0.1, -0.05) is 12.1 Å². The SMILES string of the molecule is NS(=O)(=O)c1ccc(N2C(=O)C(c3ccc(F)cc3)=C(N3CCCCC3)C2=O)cc1. The van der Waals surface area contributed by atoms with E-state index in [4.69, 9.17) is 5.14 Å². The highest BCUT2D eigenvalue weighted by molar-refractivity contribution is 7.89. The van der Waals surface area contributed by atoms with Gasteiger partial charge >= 0.3 is 0 Å². The Balaban J connectivity index is 1.78. The van der Waals surface area contributed by atoms with E-state index in [9.17, 15) is 22.4 Å². The summed E-state index contributed by atoms with van der Waals surface area (Å²) in [6.07, 6.45) is 2.87. The van der Waals surface area contributed by atoms with Crippen LogP contribution < -0.4 is 10.0 Å². The van der Waals surface area contributed by atoms with Gasteiger partial charge in [-0.2, -0.15) is 0 Å². The Labute approximate surface area is 173 Å². The first kappa shape index (κ1) is 20.2. The summed E-state index contributed by atoms with van der Waals surface area (Å²) in [5.41, 5.74) is 1.21. The summed E-state index contributed by atoms with van der Waals surface area (Å²) in [5.74, 6) is -1.45. The lowest BCUT2D eigenvalue weighted by Gasteiger charge is -2.29. The Morgan fingerprint density at radius 2 is 1.43 bits per heavy atom. The third kappa shape index (κ3) is 3.61. The van der Waals surface area contributed by atoms with Gasteiger partial charge in [-0.15, -0.1) is 0 Å². The van der Waals surface area contributed by atoms with E-state index in [2.05, 4.69) is 0 Å². The van der Waals surface area contributed by atoms with Gasteiger partial charge in [-0.05, 0) is 61.2 Å². The number of amides is 2. The van der Waals surface area contributed by atoms with Crippen LogP contribution in [0.3, 0.4) is 0 Å². The van der Waals surface area contributed by atoms with Crippen molar-refractivity contribution < 1.29 is 22.4 Å². The maximum Gasteiger partial charge on any atom is 0.282 e. The number of anilines is 1. The highest BCUT2D eigenvalue weighted by Gasteiger charge is 2.42. The van der Waals surface area contributed by atoms with Crippen molar-refractivity contribution in [1.29, 1.82) is 0 Å². The maximum absolute atomic E-state index is 13.4. The highest BCUT2D eigenvalue weighted by atomic mass is 32.2. The van der Waals surface area contributed by atoms with E-state index in [1.54, 1.807) is 0 Å². The first-order valence-electron chi connectivity index (χ1n) is 9.54. The molecule has 2 aliphatic heterocycles. The third-order valence-electron chi connectivity index (χ3n) is 5.29. The van der Waals surface area contributed by atoms with Crippen LogP contribution in [0.2, 0.25) is 0 Å². The fraction of sp³-hybridized carbons (Fsp3) is 0.238. The largest absolute Gasteiger partial charge is 0.366 e. The number of carbonyl (C=O) groups excluding carboxylic acids is 2. The number of nitrogens with zero attached hydrogens (tertiary/aromatic N) is 2. The van der Waals surface area contributed by atoms with Gasteiger partial charge < -0.3 is 4.90 Å². The molecule has 2 aromatic carbocycles. The molecule has 4 rings (SSSR count). The number of hydrogen-bond donors (Lipinski definition) is 1. The molecular formula is C21H20FN3O4S.